The quantitative estimate of drug-likeness (QED) is 0.140. The Hall–Kier alpha value is -4.53. The summed E-state index contributed by atoms with van der Waals surface area (Å²) in [7, 11) is 1.51. The predicted octanol–water partition coefficient (Wildman–Crippen LogP) is 6.80. The summed E-state index contributed by atoms with van der Waals surface area (Å²) in [6.45, 7) is 1.85. The van der Waals surface area contributed by atoms with Crippen LogP contribution >= 0.6 is 23.4 Å². The van der Waals surface area contributed by atoms with Crippen molar-refractivity contribution in [2.45, 2.75) is 11.8 Å². The minimum atomic E-state index is -0.483. The van der Waals surface area contributed by atoms with Crippen molar-refractivity contribution in [2.24, 2.45) is 0 Å². The van der Waals surface area contributed by atoms with Crippen LogP contribution in [0, 0.1) is 6.92 Å². The lowest BCUT2D eigenvalue weighted by molar-refractivity contribution is -0.114. The van der Waals surface area contributed by atoms with Crippen molar-refractivity contribution in [1.29, 1.82) is 0 Å². The maximum Gasteiger partial charge on any atom is 0.272 e. The van der Waals surface area contributed by atoms with Gasteiger partial charge in [-0.05, 0) is 60.5 Å². The van der Waals surface area contributed by atoms with Gasteiger partial charge < -0.3 is 20.7 Å². The van der Waals surface area contributed by atoms with Gasteiger partial charge in [0.2, 0.25) is 5.91 Å². The van der Waals surface area contributed by atoms with E-state index < -0.39 is 11.8 Å². The van der Waals surface area contributed by atoms with Gasteiger partial charge in [-0.15, -0.1) is 11.8 Å². The van der Waals surface area contributed by atoms with E-state index in [0.29, 0.717) is 27.7 Å². The van der Waals surface area contributed by atoms with E-state index in [0.717, 1.165) is 16.0 Å². The minimum Gasteiger partial charge on any atom is -0.495 e. The van der Waals surface area contributed by atoms with Crippen LogP contribution in [0.15, 0.2) is 108 Å². The SMILES string of the molecule is COc1cc(Cl)c(C)cc1NC(=O)CSc1cccc(NC(=O)/C(=C/c2ccccc2)NC(=O)c2ccccc2)c1. The molecule has 0 saturated heterocycles. The average Bonchev–Trinajstić information content (AvgIpc) is 2.98. The Morgan fingerprint density at radius 2 is 1.59 bits per heavy atom. The number of ether oxygens (including phenoxy) is 1. The van der Waals surface area contributed by atoms with Crippen molar-refractivity contribution in [3.8, 4) is 5.75 Å². The first-order chi connectivity index (χ1) is 19.8. The second-order valence-electron chi connectivity index (χ2n) is 8.91. The molecule has 0 fully saturated rings. The van der Waals surface area contributed by atoms with Gasteiger partial charge in [0.15, 0.2) is 0 Å². The third-order valence-electron chi connectivity index (χ3n) is 5.86. The fourth-order valence-corrected chi connectivity index (χ4v) is 4.69. The van der Waals surface area contributed by atoms with E-state index in [4.69, 9.17) is 16.3 Å². The van der Waals surface area contributed by atoms with Gasteiger partial charge in [-0.2, -0.15) is 0 Å². The molecule has 7 nitrogen and oxygen atoms in total. The first-order valence-electron chi connectivity index (χ1n) is 12.6. The number of rotatable bonds is 10. The molecule has 0 radical (unpaired) electrons. The largest absolute Gasteiger partial charge is 0.495 e. The monoisotopic (exact) mass is 585 g/mol. The minimum absolute atomic E-state index is 0.0923. The summed E-state index contributed by atoms with van der Waals surface area (Å²) in [5.74, 6) is -0.494. The van der Waals surface area contributed by atoms with E-state index in [1.54, 1.807) is 60.7 Å². The second kappa shape index (κ2) is 14.2. The third kappa shape index (κ3) is 8.48. The highest BCUT2D eigenvalue weighted by molar-refractivity contribution is 8.00. The Balaban J connectivity index is 1.43. The number of methoxy groups -OCH3 is 1. The van der Waals surface area contributed by atoms with E-state index in [9.17, 15) is 14.4 Å². The van der Waals surface area contributed by atoms with E-state index in [1.165, 1.54) is 18.9 Å². The molecule has 0 spiro atoms. The number of hydrogen-bond acceptors (Lipinski definition) is 5. The molecular formula is C32H28ClN3O4S. The van der Waals surface area contributed by atoms with Gasteiger partial charge in [-0.3, -0.25) is 14.4 Å². The molecule has 4 aromatic carbocycles. The molecule has 0 saturated carbocycles. The number of carbonyl (C=O) groups excluding carboxylic acids is 3. The van der Waals surface area contributed by atoms with E-state index in [1.807, 2.05) is 49.4 Å². The molecule has 4 aromatic rings. The molecule has 9 heteroatoms. The number of carbonyl (C=O) groups is 3. The summed E-state index contributed by atoms with van der Waals surface area (Å²) >= 11 is 7.47. The molecule has 0 unspecified atom stereocenters. The Kier molecular flexibility index (Phi) is 10.2. The molecule has 0 atom stereocenters. The number of halogens is 1. The van der Waals surface area contributed by atoms with Gasteiger partial charge in [0, 0.05) is 27.2 Å². The first-order valence-corrected chi connectivity index (χ1v) is 14.0. The second-order valence-corrected chi connectivity index (χ2v) is 10.4. The van der Waals surface area contributed by atoms with Crippen LogP contribution in [0.25, 0.3) is 6.08 Å². The summed E-state index contributed by atoms with van der Waals surface area (Å²) in [6.07, 6.45) is 1.62. The van der Waals surface area contributed by atoms with Crippen molar-refractivity contribution < 1.29 is 19.1 Å². The predicted molar refractivity (Wildman–Crippen MR) is 165 cm³/mol. The number of amides is 3. The van der Waals surface area contributed by atoms with Crippen molar-refractivity contribution in [2.75, 3.05) is 23.5 Å². The molecule has 3 N–H and O–H groups in total. The molecule has 41 heavy (non-hydrogen) atoms. The van der Waals surface area contributed by atoms with Crippen LogP contribution in [0.5, 0.6) is 5.75 Å². The van der Waals surface area contributed by atoms with Crippen LogP contribution in [0.2, 0.25) is 5.02 Å². The molecule has 0 heterocycles. The number of hydrogen-bond donors (Lipinski definition) is 3. The van der Waals surface area contributed by atoms with Crippen molar-refractivity contribution in [3.63, 3.8) is 0 Å². The maximum atomic E-state index is 13.3. The molecule has 4 rings (SSSR count). The van der Waals surface area contributed by atoms with Crippen LogP contribution < -0.4 is 20.7 Å². The summed E-state index contributed by atoms with van der Waals surface area (Å²) in [5, 5.41) is 8.98. The van der Waals surface area contributed by atoms with Crippen LogP contribution in [0.4, 0.5) is 11.4 Å². The summed E-state index contributed by atoms with van der Waals surface area (Å²) in [4.78, 5) is 39.5. The Morgan fingerprint density at radius 3 is 2.29 bits per heavy atom. The third-order valence-corrected chi connectivity index (χ3v) is 7.26. The van der Waals surface area contributed by atoms with Crippen LogP contribution in [-0.4, -0.2) is 30.6 Å². The van der Waals surface area contributed by atoms with Gasteiger partial charge in [0.25, 0.3) is 11.8 Å². The lowest BCUT2D eigenvalue weighted by atomic mass is 10.1. The summed E-state index contributed by atoms with van der Waals surface area (Å²) in [6, 6.07) is 28.5. The van der Waals surface area contributed by atoms with Gasteiger partial charge in [0.05, 0.1) is 18.6 Å². The summed E-state index contributed by atoms with van der Waals surface area (Å²) in [5.41, 5.74) is 3.16. The lowest BCUT2D eigenvalue weighted by Crippen LogP contribution is -2.30. The zero-order chi connectivity index (χ0) is 29.2. The van der Waals surface area contributed by atoms with Crippen molar-refractivity contribution in [3.05, 3.63) is 124 Å². The van der Waals surface area contributed by atoms with Crippen molar-refractivity contribution in [1.82, 2.24) is 5.32 Å². The first kappa shape index (κ1) is 29.5. The highest BCUT2D eigenvalue weighted by atomic mass is 35.5. The normalized spacial score (nSPS) is 11.0. The molecule has 0 aliphatic heterocycles. The van der Waals surface area contributed by atoms with E-state index in [2.05, 4.69) is 16.0 Å². The Morgan fingerprint density at radius 1 is 0.878 bits per heavy atom. The highest BCUT2D eigenvalue weighted by Gasteiger charge is 2.16. The maximum absolute atomic E-state index is 13.3. The van der Waals surface area contributed by atoms with Crippen LogP contribution in [-0.2, 0) is 9.59 Å². The smallest absolute Gasteiger partial charge is 0.272 e. The van der Waals surface area contributed by atoms with E-state index >= 15 is 0 Å². The van der Waals surface area contributed by atoms with Gasteiger partial charge >= 0.3 is 0 Å². The van der Waals surface area contributed by atoms with Crippen LogP contribution in [0.3, 0.4) is 0 Å². The van der Waals surface area contributed by atoms with Gasteiger partial charge in [-0.25, -0.2) is 0 Å². The van der Waals surface area contributed by atoms with Crippen LogP contribution in [0.1, 0.15) is 21.5 Å². The molecule has 0 bridgehead atoms. The Bertz CT molecular complexity index is 1580. The highest BCUT2D eigenvalue weighted by Crippen LogP contribution is 2.31. The molecule has 0 aliphatic rings. The zero-order valence-electron chi connectivity index (χ0n) is 22.4. The Labute approximate surface area is 248 Å². The van der Waals surface area contributed by atoms with E-state index in [-0.39, 0.29) is 17.4 Å². The number of thioether (sulfide) groups is 1. The zero-order valence-corrected chi connectivity index (χ0v) is 24.0. The fourth-order valence-electron chi connectivity index (χ4n) is 3.79. The summed E-state index contributed by atoms with van der Waals surface area (Å²) < 4.78 is 5.33. The number of anilines is 2. The van der Waals surface area contributed by atoms with Gasteiger partial charge in [-0.1, -0.05) is 66.2 Å². The standard InChI is InChI=1S/C32H28ClN3O4S/c1-21-16-27(29(40-2)19-26(21)33)35-30(37)20-41-25-15-9-14-24(18-25)34-32(39)28(17-22-10-5-3-6-11-22)36-31(38)23-12-7-4-8-13-23/h3-19H,20H2,1-2H3,(H,34,39)(H,35,37)(H,36,38)/b28-17-. The molecular weight excluding hydrogens is 558 g/mol. The average molecular weight is 586 g/mol. The number of nitrogens with one attached hydrogen (secondary N) is 3. The molecule has 0 aliphatic carbocycles. The van der Waals surface area contributed by atoms with Crippen molar-refractivity contribution >= 4 is 58.5 Å². The number of aryl methyl sites for hydroxylation is 1. The molecule has 0 aromatic heterocycles. The number of benzene rings is 4. The van der Waals surface area contributed by atoms with Gasteiger partial charge in [0.1, 0.15) is 11.4 Å². The lowest BCUT2D eigenvalue weighted by Gasteiger charge is -2.13. The molecule has 208 valence electrons. The topological polar surface area (TPSA) is 96.5 Å². The fraction of sp³-hybridized carbons (Fsp3) is 0.0938. The molecule has 3 amide bonds.